The van der Waals surface area contributed by atoms with Gasteiger partial charge in [-0.3, -0.25) is 14.4 Å². The molecule has 0 radical (unpaired) electrons. The number of ether oxygens (including phenoxy) is 1. The average Bonchev–Trinajstić information content (AvgIpc) is 3.27. The number of amides is 3. The van der Waals surface area contributed by atoms with Crippen LogP contribution in [0, 0.1) is 0 Å². The first-order valence-corrected chi connectivity index (χ1v) is 9.75. The molecule has 0 bridgehead atoms. The Bertz CT molecular complexity index is 1050. The van der Waals surface area contributed by atoms with Crippen LogP contribution in [0.15, 0.2) is 66.0 Å². The average molecular weight is 407 g/mol. The number of nitrogens with one attached hydrogen (secondary N) is 3. The van der Waals surface area contributed by atoms with Crippen molar-refractivity contribution >= 4 is 40.4 Å². The number of carbonyl (C=O) groups excluding carboxylic acids is 3. The highest BCUT2D eigenvalue weighted by Crippen LogP contribution is 2.31. The van der Waals surface area contributed by atoms with Crippen LogP contribution < -0.4 is 20.7 Å². The van der Waals surface area contributed by atoms with Gasteiger partial charge in [0.05, 0.1) is 10.6 Å². The van der Waals surface area contributed by atoms with Crippen molar-refractivity contribution in [3.8, 4) is 5.75 Å². The number of hydrogen-bond donors (Lipinski definition) is 3. The molecule has 1 aliphatic heterocycles. The van der Waals surface area contributed by atoms with Gasteiger partial charge in [0.2, 0.25) is 0 Å². The molecule has 29 heavy (non-hydrogen) atoms. The molecular formula is C21H17N3O4S. The molecule has 146 valence electrons. The number of carbonyl (C=O) groups is 3. The van der Waals surface area contributed by atoms with Gasteiger partial charge < -0.3 is 20.7 Å². The van der Waals surface area contributed by atoms with E-state index in [0.29, 0.717) is 27.6 Å². The zero-order chi connectivity index (χ0) is 20.2. The summed E-state index contributed by atoms with van der Waals surface area (Å²) in [6.45, 7) is -0.0382. The van der Waals surface area contributed by atoms with Crippen LogP contribution in [0.5, 0.6) is 5.75 Å². The van der Waals surface area contributed by atoms with Gasteiger partial charge in [0.25, 0.3) is 17.7 Å². The minimum atomic E-state index is -0.882. The lowest BCUT2D eigenvalue weighted by Gasteiger charge is -2.21. The normalized spacial score (nSPS) is 13.4. The molecule has 3 aromatic rings. The first-order valence-electron chi connectivity index (χ1n) is 8.87. The molecular weight excluding hydrogens is 390 g/mol. The van der Waals surface area contributed by atoms with Gasteiger partial charge in [0, 0.05) is 5.69 Å². The zero-order valence-corrected chi connectivity index (χ0v) is 16.0. The highest BCUT2D eigenvalue weighted by molar-refractivity contribution is 7.12. The molecule has 1 aliphatic rings. The van der Waals surface area contributed by atoms with Crippen molar-refractivity contribution in [2.45, 2.75) is 6.04 Å². The van der Waals surface area contributed by atoms with E-state index in [0.717, 1.165) is 0 Å². The lowest BCUT2D eigenvalue weighted by Crippen LogP contribution is -2.36. The standard InChI is InChI=1S/C21H17N3O4S/c25-18-12-28-16-9-8-14(11-15(16)23-18)22-21(27)19(13-5-2-1-3-6-13)24-20(26)17-7-4-10-29-17/h1-11,19H,12H2,(H,22,27)(H,23,25)(H,24,26). The SMILES string of the molecule is O=C1COc2ccc(NC(=O)C(NC(=O)c3cccs3)c3ccccc3)cc2N1. The molecule has 0 saturated carbocycles. The number of benzene rings is 2. The van der Waals surface area contributed by atoms with Crippen molar-refractivity contribution in [3.05, 3.63) is 76.5 Å². The van der Waals surface area contributed by atoms with Gasteiger partial charge in [-0.15, -0.1) is 11.3 Å². The number of fused-ring (bicyclic) bond motifs is 1. The quantitative estimate of drug-likeness (QED) is 0.605. The number of thiophene rings is 1. The van der Waals surface area contributed by atoms with Gasteiger partial charge in [-0.25, -0.2) is 0 Å². The Morgan fingerprint density at radius 3 is 2.66 bits per heavy atom. The number of anilines is 2. The largest absolute Gasteiger partial charge is 0.482 e. The fourth-order valence-electron chi connectivity index (χ4n) is 2.93. The van der Waals surface area contributed by atoms with Crippen LogP contribution >= 0.6 is 11.3 Å². The van der Waals surface area contributed by atoms with Crippen molar-refractivity contribution in [1.82, 2.24) is 5.32 Å². The van der Waals surface area contributed by atoms with E-state index in [9.17, 15) is 14.4 Å². The van der Waals surface area contributed by atoms with Gasteiger partial charge in [-0.2, -0.15) is 0 Å². The summed E-state index contributed by atoms with van der Waals surface area (Å²) in [5, 5.41) is 10.1. The highest BCUT2D eigenvalue weighted by Gasteiger charge is 2.24. The maximum atomic E-state index is 13.0. The molecule has 3 N–H and O–H groups in total. The molecule has 1 unspecified atom stereocenters. The maximum absolute atomic E-state index is 13.0. The van der Waals surface area contributed by atoms with E-state index in [-0.39, 0.29) is 18.4 Å². The summed E-state index contributed by atoms with van der Waals surface area (Å²) in [5.74, 6) is -0.446. The molecule has 4 rings (SSSR count). The molecule has 0 fully saturated rings. The van der Waals surface area contributed by atoms with Gasteiger partial charge >= 0.3 is 0 Å². The van der Waals surface area contributed by atoms with E-state index in [2.05, 4.69) is 16.0 Å². The van der Waals surface area contributed by atoms with Gasteiger partial charge in [0.15, 0.2) is 6.61 Å². The number of rotatable bonds is 5. The topological polar surface area (TPSA) is 96.5 Å². The second kappa shape index (κ2) is 8.15. The lowest BCUT2D eigenvalue weighted by atomic mass is 10.1. The van der Waals surface area contributed by atoms with Crippen LogP contribution in [-0.2, 0) is 9.59 Å². The highest BCUT2D eigenvalue weighted by atomic mass is 32.1. The number of hydrogen-bond acceptors (Lipinski definition) is 5. The zero-order valence-electron chi connectivity index (χ0n) is 15.2. The van der Waals surface area contributed by atoms with E-state index in [1.54, 1.807) is 60.0 Å². The molecule has 1 aromatic heterocycles. The summed E-state index contributed by atoms with van der Waals surface area (Å²) in [6.07, 6.45) is 0. The van der Waals surface area contributed by atoms with Crippen LogP contribution in [-0.4, -0.2) is 24.3 Å². The molecule has 0 aliphatic carbocycles. The summed E-state index contributed by atoms with van der Waals surface area (Å²) in [7, 11) is 0. The van der Waals surface area contributed by atoms with E-state index < -0.39 is 11.9 Å². The Morgan fingerprint density at radius 1 is 1.07 bits per heavy atom. The second-order valence-electron chi connectivity index (χ2n) is 6.33. The molecule has 0 spiro atoms. The molecule has 0 saturated heterocycles. The summed E-state index contributed by atoms with van der Waals surface area (Å²) in [6, 6.07) is 16.6. The lowest BCUT2D eigenvalue weighted by molar-refractivity contribution is -0.119. The molecule has 2 heterocycles. The summed E-state index contributed by atoms with van der Waals surface area (Å²) in [5.41, 5.74) is 1.62. The van der Waals surface area contributed by atoms with Gasteiger partial charge in [-0.05, 0) is 35.2 Å². The predicted molar refractivity (Wildman–Crippen MR) is 110 cm³/mol. The Morgan fingerprint density at radius 2 is 1.90 bits per heavy atom. The summed E-state index contributed by atoms with van der Waals surface area (Å²) >= 11 is 1.30. The van der Waals surface area contributed by atoms with Crippen molar-refractivity contribution in [2.24, 2.45) is 0 Å². The van der Waals surface area contributed by atoms with Crippen molar-refractivity contribution in [1.29, 1.82) is 0 Å². The molecule has 8 heteroatoms. The Kier molecular flexibility index (Phi) is 5.26. The Hall–Kier alpha value is -3.65. The first kappa shape index (κ1) is 18.7. The van der Waals surface area contributed by atoms with Crippen LogP contribution in [0.3, 0.4) is 0 Å². The van der Waals surface area contributed by atoms with Crippen LogP contribution in [0.1, 0.15) is 21.3 Å². The van der Waals surface area contributed by atoms with E-state index >= 15 is 0 Å². The van der Waals surface area contributed by atoms with E-state index in [1.807, 2.05) is 6.07 Å². The third kappa shape index (κ3) is 4.27. The maximum Gasteiger partial charge on any atom is 0.262 e. The Balaban J connectivity index is 1.56. The fraction of sp³-hybridized carbons (Fsp3) is 0.0952. The van der Waals surface area contributed by atoms with Crippen molar-refractivity contribution < 1.29 is 19.1 Å². The predicted octanol–water partition coefficient (Wildman–Crippen LogP) is 3.19. The summed E-state index contributed by atoms with van der Waals surface area (Å²) in [4.78, 5) is 37.6. The molecule has 7 nitrogen and oxygen atoms in total. The van der Waals surface area contributed by atoms with Crippen molar-refractivity contribution in [2.75, 3.05) is 17.2 Å². The summed E-state index contributed by atoms with van der Waals surface area (Å²) < 4.78 is 5.33. The van der Waals surface area contributed by atoms with E-state index in [4.69, 9.17) is 4.74 Å². The first-order chi connectivity index (χ1) is 14.1. The molecule has 3 amide bonds. The molecule has 1 atom stereocenters. The van der Waals surface area contributed by atoms with Gasteiger partial charge in [0.1, 0.15) is 11.8 Å². The third-order valence-electron chi connectivity index (χ3n) is 4.30. The van der Waals surface area contributed by atoms with Crippen LogP contribution in [0.2, 0.25) is 0 Å². The third-order valence-corrected chi connectivity index (χ3v) is 5.16. The smallest absolute Gasteiger partial charge is 0.262 e. The fourth-order valence-corrected chi connectivity index (χ4v) is 3.56. The van der Waals surface area contributed by atoms with Crippen LogP contribution in [0.4, 0.5) is 11.4 Å². The second-order valence-corrected chi connectivity index (χ2v) is 7.28. The van der Waals surface area contributed by atoms with Crippen LogP contribution in [0.25, 0.3) is 0 Å². The minimum absolute atomic E-state index is 0.0382. The monoisotopic (exact) mass is 407 g/mol. The molecule has 2 aromatic carbocycles. The van der Waals surface area contributed by atoms with E-state index in [1.165, 1.54) is 11.3 Å². The van der Waals surface area contributed by atoms with Crippen molar-refractivity contribution in [3.63, 3.8) is 0 Å². The van der Waals surface area contributed by atoms with Gasteiger partial charge in [-0.1, -0.05) is 36.4 Å². The minimum Gasteiger partial charge on any atom is -0.482 e. The Labute approximate surface area is 170 Å².